The van der Waals surface area contributed by atoms with Crippen molar-refractivity contribution in [1.29, 1.82) is 0 Å². The molecule has 0 unspecified atom stereocenters. The highest BCUT2D eigenvalue weighted by Crippen LogP contribution is 2.21. The molecule has 4 nitrogen and oxygen atoms in total. The SMILES string of the molecule is CC(=O)c1cccc(CN[C@@H](C)c2cnn(-c3cccc(F)c3)c2C)c1. The van der Waals surface area contributed by atoms with Crippen LogP contribution in [0.2, 0.25) is 0 Å². The lowest BCUT2D eigenvalue weighted by Gasteiger charge is -2.14. The first-order chi connectivity index (χ1) is 12.5. The van der Waals surface area contributed by atoms with Gasteiger partial charge in [-0.05, 0) is 50.6 Å². The minimum absolute atomic E-state index is 0.0621. The molecule has 1 aromatic heterocycles. The number of carbonyl (C=O) groups excluding carboxylic acids is 1. The van der Waals surface area contributed by atoms with Crippen LogP contribution < -0.4 is 5.32 Å². The molecule has 1 heterocycles. The van der Waals surface area contributed by atoms with Crippen LogP contribution >= 0.6 is 0 Å². The summed E-state index contributed by atoms with van der Waals surface area (Å²) >= 11 is 0. The summed E-state index contributed by atoms with van der Waals surface area (Å²) in [5.41, 5.74) is 4.49. The standard InChI is InChI=1S/C21H22FN3O/c1-14(23-12-17-6-4-7-18(10-17)16(3)26)21-13-24-25(15(21)2)20-9-5-8-19(22)11-20/h4-11,13-14,23H,12H2,1-3H3/t14-/m0/s1. The van der Waals surface area contributed by atoms with Crippen molar-refractivity contribution in [3.05, 3.63) is 82.9 Å². The second-order valence-corrected chi connectivity index (χ2v) is 6.44. The van der Waals surface area contributed by atoms with Crippen molar-refractivity contribution in [2.75, 3.05) is 0 Å². The predicted molar refractivity (Wildman–Crippen MR) is 100.0 cm³/mol. The van der Waals surface area contributed by atoms with E-state index >= 15 is 0 Å². The molecule has 0 amide bonds. The summed E-state index contributed by atoms with van der Waals surface area (Å²) in [4.78, 5) is 11.5. The van der Waals surface area contributed by atoms with Gasteiger partial charge >= 0.3 is 0 Å². The first-order valence-electron chi connectivity index (χ1n) is 8.59. The van der Waals surface area contributed by atoms with Gasteiger partial charge in [0.05, 0.1) is 11.9 Å². The van der Waals surface area contributed by atoms with Crippen LogP contribution in [0.5, 0.6) is 0 Å². The van der Waals surface area contributed by atoms with Gasteiger partial charge in [-0.1, -0.05) is 24.3 Å². The third-order valence-electron chi connectivity index (χ3n) is 4.51. The maximum absolute atomic E-state index is 13.5. The van der Waals surface area contributed by atoms with Crippen LogP contribution in [0.15, 0.2) is 54.7 Å². The van der Waals surface area contributed by atoms with E-state index in [1.807, 2.05) is 43.5 Å². The number of nitrogens with zero attached hydrogens (tertiary/aromatic N) is 2. The third kappa shape index (κ3) is 3.89. The van der Waals surface area contributed by atoms with Gasteiger partial charge in [-0.3, -0.25) is 4.79 Å². The Kier molecular flexibility index (Phi) is 5.28. The van der Waals surface area contributed by atoms with Crippen molar-refractivity contribution in [2.45, 2.75) is 33.4 Å². The Morgan fingerprint density at radius 1 is 1.23 bits per heavy atom. The molecule has 0 aliphatic rings. The molecule has 3 rings (SSSR count). The second kappa shape index (κ2) is 7.62. The molecule has 0 saturated carbocycles. The van der Waals surface area contributed by atoms with Crippen molar-refractivity contribution >= 4 is 5.78 Å². The van der Waals surface area contributed by atoms with E-state index in [1.165, 1.54) is 12.1 Å². The van der Waals surface area contributed by atoms with Crippen molar-refractivity contribution in [3.8, 4) is 5.69 Å². The minimum Gasteiger partial charge on any atom is -0.306 e. The molecule has 1 N–H and O–H groups in total. The maximum atomic E-state index is 13.5. The third-order valence-corrected chi connectivity index (χ3v) is 4.51. The smallest absolute Gasteiger partial charge is 0.159 e. The topological polar surface area (TPSA) is 46.9 Å². The fourth-order valence-electron chi connectivity index (χ4n) is 3.00. The molecule has 0 bridgehead atoms. The van der Waals surface area contributed by atoms with Crippen molar-refractivity contribution in [2.24, 2.45) is 0 Å². The molecule has 0 saturated heterocycles. The lowest BCUT2D eigenvalue weighted by atomic mass is 10.1. The molecule has 1 atom stereocenters. The largest absolute Gasteiger partial charge is 0.306 e. The molecule has 0 aliphatic heterocycles. The zero-order valence-corrected chi connectivity index (χ0v) is 15.2. The fraction of sp³-hybridized carbons (Fsp3) is 0.238. The lowest BCUT2D eigenvalue weighted by molar-refractivity contribution is 0.101. The summed E-state index contributed by atoms with van der Waals surface area (Å²) in [5, 5.41) is 7.87. The molecule has 134 valence electrons. The van der Waals surface area contributed by atoms with Gasteiger partial charge in [-0.2, -0.15) is 5.10 Å². The van der Waals surface area contributed by atoms with Crippen LogP contribution in [0.3, 0.4) is 0 Å². The molecule has 0 spiro atoms. The number of carbonyl (C=O) groups is 1. The number of benzene rings is 2. The Morgan fingerprint density at radius 2 is 2.00 bits per heavy atom. The number of hydrogen-bond acceptors (Lipinski definition) is 3. The van der Waals surface area contributed by atoms with Gasteiger partial charge in [0.1, 0.15) is 5.82 Å². The normalized spacial score (nSPS) is 12.2. The Balaban J connectivity index is 1.74. The minimum atomic E-state index is -0.282. The molecule has 26 heavy (non-hydrogen) atoms. The van der Waals surface area contributed by atoms with Crippen molar-refractivity contribution in [3.63, 3.8) is 0 Å². The van der Waals surface area contributed by atoms with E-state index in [1.54, 1.807) is 17.7 Å². The monoisotopic (exact) mass is 351 g/mol. The molecule has 0 radical (unpaired) electrons. The van der Waals surface area contributed by atoms with Crippen molar-refractivity contribution < 1.29 is 9.18 Å². The number of halogens is 1. The first-order valence-corrected chi connectivity index (χ1v) is 8.59. The molecular formula is C21H22FN3O. The number of hydrogen-bond donors (Lipinski definition) is 1. The van der Waals surface area contributed by atoms with Crippen molar-refractivity contribution in [1.82, 2.24) is 15.1 Å². The number of ketones is 1. The molecule has 2 aromatic carbocycles. The Labute approximate surface area is 152 Å². The van der Waals surface area contributed by atoms with E-state index in [0.717, 1.165) is 16.8 Å². The zero-order valence-electron chi connectivity index (χ0n) is 15.2. The Bertz CT molecular complexity index is 933. The number of aromatic nitrogens is 2. The van der Waals surface area contributed by atoms with Gasteiger partial charge in [0.15, 0.2) is 5.78 Å². The molecule has 0 fully saturated rings. The summed E-state index contributed by atoms with van der Waals surface area (Å²) < 4.78 is 15.2. The van der Waals surface area contributed by atoms with Crippen LogP contribution in [0.4, 0.5) is 4.39 Å². The highest BCUT2D eigenvalue weighted by molar-refractivity contribution is 5.94. The van der Waals surface area contributed by atoms with E-state index in [2.05, 4.69) is 17.3 Å². The second-order valence-electron chi connectivity index (χ2n) is 6.44. The van der Waals surface area contributed by atoms with E-state index in [0.29, 0.717) is 17.8 Å². The predicted octanol–water partition coefficient (Wildman–Crippen LogP) is 4.37. The fourth-order valence-corrected chi connectivity index (χ4v) is 3.00. The maximum Gasteiger partial charge on any atom is 0.159 e. The van der Waals surface area contributed by atoms with Crippen LogP contribution in [0.1, 0.15) is 47.1 Å². The van der Waals surface area contributed by atoms with Gasteiger partial charge in [-0.25, -0.2) is 9.07 Å². The highest BCUT2D eigenvalue weighted by atomic mass is 19.1. The lowest BCUT2D eigenvalue weighted by Crippen LogP contribution is -2.19. The number of nitrogens with one attached hydrogen (secondary N) is 1. The van der Waals surface area contributed by atoms with E-state index in [4.69, 9.17) is 0 Å². The van der Waals surface area contributed by atoms with Crippen LogP contribution in [-0.2, 0) is 6.54 Å². The van der Waals surface area contributed by atoms with Gasteiger partial charge in [-0.15, -0.1) is 0 Å². The number of Topliss-reactive ketones (excluding diaryl/α,β-unsaturated/α-hetero) is 1. The molecule has 3 aromatic rings. The quantitative estimate of drug-likeness (QED) is 0.671. The first kappa shape index (κ1) is 18.0. The highest BCUT2D eigenvalue weighted by Gasteiger charge is 2.14. The Hall–Kier alpha value is -2.79. The molecular weight excluding hydrogens is 329 g/mol. The van der Waals surface area contributed by atoms with E-state index in [9.17, 15) is 9.18 Å². The summed E-state index contributed by atoms with van der Waals surface area (Å²) in [6.45, 7) is 6.25. The van der Waals surface area contributed by atoms with Gasteiger partial charge < -0.3 is 5.32 Å². The molecule has 5 heteroatoms. The van der Waals surface area contributed by atoms with E-state index < -0.39 is 0 Å². The number of rotatable bonds is 6. The van der Waals surface area contributed by atoms with Gasteiger partial charge in [0.25, 0.3) is 0 Å². The van der Waals surface area contributed by atoms with Gasteiger partial charge in [0, 0.05) is 29.4 Å². The Morgan fingerprint density at radius 3 is 2.73 bits per heavy atom. The summed E-state index contributed by atoms with van der Waals surface area (Å²) in [6, 6.07) is 14.1. The van der Waals surface area contributed by atoms with E-state index in [-0.39, 0.29) is 17.6 Å². The summed E-state index contributed by atoms with van der Waals surface area (Å²) in [6.07, 6.45) is 1.81. The summed E-state index contributed by atoms with van der Waals surface area (Å²) in [7, 11) is 0. The molecule has 0 aliphatic carbocycles. The average Bonchev–Trinajstić information content (AvgIpc) is 3.01. The van der Waals surface area contributed by atoms with Gasteiger partial charge in [0.2, 0.25) is 0 Å². The van der Waals surface area contributed by atoms with Crippen LogP contribution in [0, 0.1) is 12.7 Å². The summed E-state index contributed by atoms with van der Waals surface area (Å²) in [5.74, 6) is -0.220. The van der Waals surface area contributed by atoms with Crippen LogP contribution in [0.25, 0.3) is 5.69 Å². The average molecular weight is 351 g/mol. The van der Waals surface area contributed by atoms with Crippen LogP contribution in [-0.4, -0.2) is 15.6 Å². The zero-order chi connectivity index (χ0) is 18.7.